The fourth-order valence-corrected chi connectivity index (χ4v) is 4.48. The number of hydrogen-bond acceptors (Lipinski definition) is 2. The molecule has 0 unspecified atom stereocenters. The molecular weight excluding hydrogens is 286 g/mol. The Morgan fingerprint density at radius 2 is 2.04 bits per heavy atom. The summed E-state index contributed by atoms with van der Waals surface area (Å²) in [6.45, 7) is 2.84. The Kier molecular flexibility index (Phi) is 3.29. The van der Waals surface area contributed by atoms with Crippen molar-refractivity contribution in [3.05, 3.63) is 53.3 Å². The molecular formula is C19H23N3O. The molecule has 2 aromatic rings. The molecule has 1 aliphatic carbocycles. The Hall–Kier alpha value is -2.10. The van der Waals surface area contributed by atoms with E-state index >= 15 is 0 Å². The molecule has 120 valence electrons. The number of carbonyl (C=O) groups excluding carboxylic acids is 1. The molecule has 2 heterocycles. The van der Waals surface area contributed by atoms with Crippen LogP contribution in [0.5, 0.6) is 0 Å². The Morgan fingerprint density at radius 1 is 1.26 bits per heavy atom. The van der Waals surface area contributed by atoms with E-state index in [-0.39, 0.29) is 11.4 Å². The lowest BCUT2D eigenvalue weighted by Gasteiger charge is -2.61. The van der Waals surface area contributed by atoms with Gasteiger partial charge in [0.1, 0.15) is 0 Å². The van der Waals surface area contributed by atoms with Crippen LogP contribution in [0.4, 0.5) is 0 Å². The van der Waals surface area contributed by atoms with E-state index in [4.69, 9.17) is 0 Å². The van der Waals surface area contributed by atoms with Crippen LogP contribution in [-0.4, -0.2) is 27.1 Å². The summed E-state index contributed by atoms with van der Waals surface area (Å²) in [6, 6.07) is 10.6. The predicted octanol–water partition coefficient (Wildman–Crippen LogP) is 3.27. The van der Waals surface area contributed by atoms with Crippen LogP contribution >= 0.6 is 0 Å². The summed E-state index contributed by atoms with van der Waals surface area (Å²) in [5.41, 5.74) is 2.88. The molecule has 1 aromatic carbocycles. The lowest BCUT2D eigenvalue weighted by Crippen LogP contribution is -2.67. The van der Waals surface area contributed by atoms with Gasteiger partial charge in [-0.25, -0.2) is 0 Å². The second kappa shape index (κ2) is 5.22. The van der Waals surface area contributed by atoms with E-state index in [2.05, 4.69) is 34.3 Å². The SMILES string of the molecule is Cc1c(C(=O)N2C[C@H]3CCCC[C@]32c2ccccc2)cnn1C. The first kappa shape index (κ1) is 14.5. The van der Waals surface area contributed by atoms with Gasteiger partial charge in [-0.2, -0.15) is 5.10 Å². The number of likely N-dealkylation sites (tertiary alicyclic amines) is 1. The topological polar surface area (TPSA) is 38.1 Å². The molecule has 1 aliphatic heterocycles. The van der Waals surface area contributed by atoms with Crippen LogP contribution in [-0.2, 0) is 12.6 Å². The highest BCUT2D eigenvalue weighted by Gasteiger charge is 2.57. The van der Waals surface area contributed by atoms with E-state index in [0.717, 1.165) is 24.2 Å². The zero-order chi connectivity index (χ0) is 16.0. The third-order valence-electron chi connectivity index (χ3n) is 5.90. The van der Waals surface area contributed by atoms with Crippen molar-refractivity contribution in [2.24, 2.45) is 13.0 Å². The van der Waals surface area contributed by atoms with Crippen molar-refractivity contribution in [1.29, 1.82) is 0 Å². The van der Waals surface area contributed by atoms with E-state index in [1.54, 1.807) is 10.9 Å². The van der Waals surface area contributed by atoms with Gasteiger partial charge in [0.2, 0.25) is 0 Å². The number of aromatic nitrogens is 2. The fourth-order valence-electron chi connectivity index (χ4n) is 4.48. The number of aryl methyl sites for hydroxylation is 1. The maximum atomic E-state index is 13.2. The van der Waals surface area contributed by atoms with E-state index in [0.29, 0.717) is 5.92 Å². The molecule has 1 saturated carbocycles. The molecule has 1 amide bonds. The molecule has 4 heteroatoms. The molecule has 0 N–H and O–H groups in total. The Bertz CT molecular complexity index is 736. The van der Waals surface area contributed by atoms with Crippen LogP contribution in [0, 0.1) is 12.8 Å². The monoisotopic (exact) mass is 309 g/mol. The first-order chi connectivity index (χ1) is 11.1. The van der Waals surface area contributed by atoms with Crippen LogP contribution in [0.15, 0.2) is 36.5 Å². The molecule has 0 radical (unpaired) electrons. The van der Waals surface area contributed by atoms with E-state index in [1.165, 1.54) is 24.8 Å². The number of fused-ring (bicyclic) bond motifs is 1. The molecule has 2 fully saturated rings. The normalized spacial score (nSPS) is 26.5. The van der Waals surface area contributed by atoms with Gasteiger partial charge in [0.05, 0.1) is 17.3 Å². The number of rotatable bonds is 2. The standard InChI is InChI=1S/C19H23N3O/c1-14-17(12-20-21(14)2)18(23)22-13-16-10-6-7-11-19(16,22)15-8-4-3-5-9-15/h3-5,8-9,12,16H,6-7,10-11,13H2,1-2H3/t16-,19+/m1/s1. The fraction of sp³-hybridized carbons (Fsp3) is 0.474. The molecule has 4 rings (SSSR count). The van der Waals surface area contributed by atoms with Gasteiger partial charge in [-0.3, -0.25) is 9.48 Å². The predicted molar refractivity (Wildman–Crippen MR) is 89.1 cm³/mol. The van der Waals surface area contributed by atoms with Crippen LogP contribution in [0.1, 0.15) is 47.3 Å². The first-order valence-electron chi connectivity index (χ1n) is 8.50. The largest absolute Gasteiger partial charge is 0.328 e. The molecule has 23 heavy (non-hydrogen) atoms. The van der Waals surface area contributed by atoms with E-state index in [1.807, 2.05) is 20.0 Å². The van der Waals surface area contributed by atoms with Gasteiger partial charge >= 0.3 is 0 Å². The average Bonchev–Trinajstić information content (AvgIpc) is 2.89. The molecule has 0 bridgehead atoms. The first-order valence-corrected chi connectivity index (χ1v) is 8.50. The van der Waals surface area contributed by atoms with Crippen molar-refractivity contribution in [3.8, 4) is 0 Å². The third-order valence-corrected chi connectivity index (χ3v) is 5.90. The summed E-state index contributed by atoms with van der Waals surface area (Å²) in [4.78, 5) is 15.3. The summed E-state index contributed by atoms with van der Waals surface area (Å²) in [5.74, 6) is 0.734. The molecule has 0 spiro atoms. The van der Waals surface area contributed by atoms with E-state index in [9.17, 15) is 4.79 Å². The highest BCUT2D eigenvalue weighted by atomic mass is 16.2. The Labute approximate surface area is 137 Å². The lowest BCUT2D eigenvalue weighted by molar-refractivity contribution is -0.0869. The van der Waals surface area contributed by atoms with E-state index < -0.39 is 0 Å². The smallest absolute Gasteiger partial charge is 0.258 e. The minimum Gasteiger partial charge on any atom is -0.328 e. The van der Waals surface area contributed by atoms with Gasteiger partial charge in [-0.05, 0) is 25.3 Å². The summed E-state index contributed by atoms with van der Waals surface area (Å²) in [5, 5.41) is 4.25. The Balaban J connectivity index is 1.74. The van der Waals surface area contributed by atoms with Crippen molar-refractivity contribution >= 4 is 5.91 Å². The van der Waals surface area contributed by atoms with Gasteiger partial charge in [0.15, 0.2) is 0 Å². The van der Waals surface area contributed by atoms with Crippen molar-refractivity contribution in [2.75, 3.05) is 6.54 Å². The van der Waals surface area contributed by atoms with Crippen LogP contribution in [0.25, 0.3) is 0 Å². The maximum Gasteiger partial charge on any atom is 0.258 e. The summed E-state index contributed by atoms with van der Waals surface area (Å²) < 4.78 is 1.78. The molecule has 2 aliphatic rings. The van der Waals surface area contributed by atoms with Gasteiger partial charge in [-0.15, -0.1) is 0 Å². The van der Waals surface area contributed by atoms with Crippen molar-refractivity contribution in [1.82, 2.24) is 14.7 Å². The number of benzene rings is 1. The van der Waals surface area contributed by atoms with Crippen LogP contribution in [0.3, 0.4) is 0 Å². The van der Waals surface area contributed by atoms with Crippen molar-refractivity contribution in [2.45, 2.75) is 38.1 Å². The Morgan fingerprint density at radius 3 is 2.70 bits per heavy atom. The number of amides is 1. The van der Waals surface area contributed by atoms with Gasteiger partial charge in [0.25, 0.3) is 5.91 Å². The quantitative estimate of drug-likeness (QED) is 0.854. The van der Waals surface area contributed by atoms with Crippen molar-refractivity contribution < 1.29 is 4.79 Å². The molecule has 1 saturated heterocycles. The van der Waals surface area contributed by atoms with Gasteiger partial charge in [-0.1, -0.05) is 43.2 Å². The number of carbonyl (C=O) groups is 1. The molecule has 4 nitrogen and oxygen atoms in total. The highest BCUT2D eigenvalue weighted by Crippen LogP contribution is 2.54. The minimum absolute atomic E-state index is 0.0983. The van der Waals surface area contributed by atoms with Crippen LogP contribution in [0.2, 0.25) is 0 Å². The maximum absolute atomic E-state index is 13.2. The number of nitrogens with zero attached hydrogens (tertiary/aromatic N) is 3. The number of hydrogen-bond donors (Lipinski definition) is 0. The molecule has 1 aromatic heterocycles. The molecule has 2 atom stereocenters. The lowest BCUT2D eigenvalue weighted by atomic mass is 9.61. The second-order valence-electron chi connectivity index (χ2n) is 6.92. The highest BCUT2D eigenvalue weighted by molar-refractivity contribution is 5.96. The van der Waals surface area contributed by atoms with Crippen LogP contribution < -0.4 is 0 Å². The summed E-state index contributed by atoms with van der Waals surface area (Å²) >= 11 is 0. The third kappa shape index (κ3) is 1.97. The van der Waals surface area contributed by atoms with Gasteiger partial charge in [0, 0.05) is 25.2 Å². The summed E-state index contributed by atoms with van der Waals surface area (Å²) in [7, 11) is 1.89. The zero-order valence-electron chi connectivity index (χ0n) is 13.8. The average molecular weight is 309 g/mol. The van der Waals surface area contributed by atoms with Gasteiger partial charge < -0.3 is 4.90 Å². The second-order valence-corrected chi connectivity index (χ2v) is 6.92. The minimum atomic E-state index is -0.0983. The van der Waals surface area contributed by atoms with Crippen molar-refractivity contribution in [3.63, 3.8) is 0 Å². The summed E-state index contributed by atoms with van der Waals surface area (Å²) in [6.07, 6.45) is 6.50. The zero-order valence-corrected chi connectivity index (χ0v) is 13.8.